The number of rotatable bonds is 7. The van der Waals surface area contributed by atoms with Crippen molar-refractivity contribution in [2.24, 2.45) is 5.84 Å². The van der Waals surface area contributed by atoms with Gasteiger partial charge < -0.3 is 4.74 Å². The van der Waals surface area contributed by atoms with Gasteiger partial charge in [0.15, 0.2) is 0 Å². The highest BCUT2D eigenvalue weighted by Gasteiger charge is 2.17. The van der Waals surface area contributed by atoms with Gasteiger partial charge in [0.2, 0.25) is 0 Å². The molecule has 0 aliphatic carbocycles. The molecule has 1 rings (SSSR count). The van der Waals surface area contributed by atoms with Crippen LogP contribution in [-0.4, -0.2) is 13.2 Å². The number of halogens is 3. The van der Waals surface area contributed by atoms with Crippen molar-refractivity contribution in [3.63, 3.8) is 0 Å². The highest BCUT2D eigenvalue weighted by molar-refractivity contribution is 9.10. The van der Waals surface area contributed by atoms with Gasteiger partial charge in [-0.1, -0.05) is 17.7 Å². The van der Waals surface area contributed by atoms with E-state index < -0.39 is 5.82 Å². The van der Waals surface area contributed by atoms with Gasteiger partial charge in [-0.2, -0.15) is 0 Å². The molecule has 0 saturated heterocycles. The Bertz CT molecular complexity index is 393. The van der Waals surface area contributed by atoms with E-state index in [-0.39, 0.29) is 11.1 Å². The molecule has 3 nitrogen and oxygen atoms in total. The van der Waals surface area contributed by atoms with Crippen molar-refractivity contribution in [1.82, 2.24) is 5.43 Å². The van der Waals surface area contributed by atoms with Crippen molar-refractivity contribution in [1.29, 1.82) is 0 Å². The van der Waals surface area contributed by atoms with Gasteiger partial charge >= 0.3 is 0 Å². The maximum Gasteiger partial charge on any atom is 0.147 e. The Morgan fingerprint density at radius 1 is 1.56 bits per heavy atom. The van der Waals surface area contributed by atoms with E-state index in [0.717, 1.165) is 6.42 Å². The first-order valence-electron chi connectivity index (χ1n) is 5.79. The first-order valence-corrected chi connectivity index (χ1v) is 6.96. The quantitative estimate of drug-likeness (QED) is 0.345. The van der Waals surface area contributed by atoms with Gasteiger partial charge in [-0.3, -0.25) is 11.3 Å². The van der Waals surface area contributed by atoms with Crippen molar-refractivity contribution in [2.45, 2.75) is 25.8 Å². The van der Waals surface area contributed by atoms with E-state index in [0.29, 0.717) is 29.7 Å². The lowest BCUT2D eigenvalue weighted by Crippen LogP contribution is -2.29. The molecule has 0 spiro atoms. The van der Waals surface area contributed by atoms with E-state index in [1.54, 1.807) is 12.1 Å². The molecular weight excluding hydrogens is 322 g/mol. The minimum Gasteiger partial charge on any atom is -0.382 e. The van der Waals surface area contributed by atoms with Gasteiger partial charge in [-0.05, 0) is 41.8 Å². The molecule has 0 radical (unpaired) electrons. The second-order valence-corrected chi connectivity index (χ2v) is 5.06. The summed E-state index contributed by atoms with van der Waals surface area (Å²) >= 11 is 9.03. The number of nitrogens with one attached hydrogen (secondary N) is 1. The van der Waals surface area contributed by atoms with Gasteiger partial charge in [-0.25, -0.2) is 4.39 Å². The molecule has 0 heterocycles. The topological polar surface area (TPSA) is 47.3 Å². The summed E-state index contributed by atoms with van der Waals surface area (Å²) in [5.74, 6) is 5.02. The molecule has 0 aliphatic heterocycles. The van der Waals surface area contributed by atoms with Crippen LogP contribution in [-0.2, 0) is 4.74 Å². The Morgan fingerprint density at radius 3 is 2.89 bits per heavy atom. The normalized spacial score (nSPS) is 12.7. The third-order valence-corrected chi connectivity index (χ3v) is 3.89. The standard InChI is InChI=1S/C12H17BrClFN2O/c1-2-18-7-3-4-10(17-16)8-5-6-9(13)11(14)12(8)15/h5-6,10,17H,2-4,7,16H2,1H3. The van der Waals surface area contributed by atoms with Crippen molar-refractivity contribution < 1.29 is 9.13 Å². The largest absolute Gasteiger partial charge is 0.382 e. The Morgan fingerprint density at radius 2 is 2.28 bits per heavy atom. The minimum absolute atomic E-state index is 0.0811. The fourth-order valence-corrected chi connectivity index (χ4v) is 2.15. The molecular formula is C12H17BrClFN2O. The number of hydrogen-bond acceptors (Lipinski definition) is 3. The highest BCUT2D eigenvalue weighted by atomic mass is 79.9. The lowest BCUT2D eigenvalue weighted by Gasteiger charge is -2.18. The summed E-state index contributed by atoms with van der Waals surface area (Å²) in [5, 5.41) is 0.0811. The summed E-state index contributed by atoms with van der Waals surface area (Å²) < 4.78 is 19.8. The molecule has 0 aromatic heterocycles. The van der Waals surface area contributed by atoms with Crippen LogP contribution in [0, 0.1) is 5.82 Å². The van der Waals surface area contributed by atoms with Gasteiger partial charge in [0.25, 0.3) is 0 Å². The monoisotopic (exact) mass is 338 g/mol. The zero-order valence-electron chi connectivity index (χ0n) is 10.2. The smallest absolute Gasteiger partial charge is 0.147 e. The summed E-state index contributed by atoms with van der Waals surface area (Å²) in [6, 6.07) is 3.13. The third kappa shape index (κ3) is 4.17. The molecule has 0 aliphatic rings. The van der Waals surface area contributed by atoms with Crippen molar-refractivity contribution in [3.8, 4) is 0 Å². The highest BCUT2D eigenvalue weighted by Crippen LogP contribution is 2.31. The van der Waals surface area contributed by atoms with Crippen LogP contribution in [0.4, 0.5) is 4.39 Å². The molecule has 102 valence electrons. The molecule has 0 bridgehead atoms. The fourth-order valence-electron chi connectivity index (χ4n) is 1.67. The molecule has 6 heteroatoms. The van der Waals surface area contributed by atoms with Crippen molar-refractivity contribution in [3.05, 3.63) is 33.0 Å². The van der Waals surface area contributed by atoms with Crippen LogP contribution < -0.4 is 11.3 Å². The second kappa shape index (κ2) is 8.07. The molecule has 0 saturated carbocycles. The van der Waals surface area contributed by atoms with Crippen LogP contribution in [0.25, 0.3) is 0 Å². The van der Waals surface area contributed by atoms with Crippen LogP contribution in [0.5, 0.6) is 0 Å². The summed E-state index contributed by atoms with van der Waals surface area (Å²) in [5.41, 5.74) is 3.09. The van der Waals surface area contributed by atoms with E-state index in [4.69, 9.17) is 22.2 Å². The summed E-state index contributed by atoms with van der Waals surface area (Å²) in [7, 11) is 0. The number of hydrogen-bond donors (Lipinski definition) is 2. The minimum atomic E-state index is -0.439. The summed E-state index contributed by atoms with van der Waals surface area (Å²) in [6.07, 6.45) is 1.49. The molecule has 1 unspecified atom stereocenters. The molecule has 0 fully saturated rings. The molecule has 1 aromatic carbocycles. The van der Waals surface area contributed by atoms with Crippen molar-refractivity contribution in [2.75, 3.05) is 13.2 Å². The van der Waals surface area contributed by atoms with Gasteiger partial charge in [0.05, 0.1) is 5.02 Å². The fraction of sp³-hybridized carbons (Fsp3) is 0.500. The van der Waals surface area contributed by atoms with E-state index in [2.05, 4.69) is 21.4 Å². The van der Waals surface area contributed by atoms with E-state index in [1.807, 2.05) is 6.92 Å². The SMILES string of the molecule is CCOCCCC(NN)c1ccc(Br)c(Cl)c1F. The predicted molar refractivity (Wildman–Crippen MR) is 74.9 cm³/mol. The Kier molecular flexibility index (Phi) is 7.11. The summed E-state index contributed by atoms with van der Waals surface area (Å²) in [4.78, 5) is 0. The first-order chi connectivity index (χ1) is 8.61. The van der Waals surface area contributed by atoms with Gasteiger partial charge in [0.1, 0.15) is 5.82 Å². The van der Waals surface area contributed by atoms with Crippen LogP contribution in [0.2, 0.25) is 5.02 Å². The molecule has 18 heavy (non-hydrogen) atoms. The Labute approximate surface area is 120 Å². The molecule has 1 atom stereocenters. The van der Waals surface area contributed by atoms with Crippen molar-refractivity contribution >= 4 is 27.5 Å². The maximum atomic E-state index is 14.0. The predicted octanol–water partition coefficient (Wildman–Crippen LogP) is 3.56. The third-order valence-electron chi connectivity index (χ3n) is 2.63. The van der Waals surface area contributed by atoms with E-state index in [1.165, 1.54) is 0 Å². The Hall–Kier alpha value is -0.200. The number of benzene rings is 1. The Balaban J connectivity index is 2.73. The summed E-state index contributed by atoms with van der Waals surface area (Å²) in [6.45, 7) is 3.26. The lowest BCUT2D eigenvalue weighted by molar-refractivity contribution is 0.140. The average Bonchev–Trinajstić information content (AvgIpc) is 2.38. The van der Waals surface area contributed by atoms with Crippen LogP contribution in [0.15, 0.2) is 16.6 Å². The van der Waals surface area contributed by atoms with E-state index in [9.17, 15) is 4.39 Å². The molecule has 0 amide bonds. The second-order valence-electron chi connectivity index (χ2n) is 3.82. The number of nitrogens with two attached hydrogens (primary N) is 1. The molecule has 1 aromatic rings. The van der Waals surface area contributed by atoms with E-state index >= 15 is 0 Å². The van der Waals surface area contributed by atoms with Crippen LogP contribution in [0.1, 0.15) is 31.4 Å². The van der Waals surface area contributed by atoms with Gasteiger partial charge in [-0.15, -0.1) is 0 Å². The van der Waals surface area contributed by atoms with Crippen LogP contribution >= 0.6 is 27.5 Å². The maximum absolute atomic E-state index is 14.0. The molecule has 3 N–H and O–H groups in total. The number of ether oxygens (including phenoxy) is 1. The average molecular weight is 340 g/mol. The van der Waals surface area contributed by atoms with Crippen LogP contribution in [0.3, 0.4) is 0 Å². The zero-order chi connectivity index (χ0) is 13.5. The lowest BCUT2D eigenvalue weighted by atomic mass is 10.0. The van der Waals surface area contributed by atoms with Gasteiger partial charge in [0, 0.05) is 29.3 Å². The number of hydrazine groups is 1. The first kappa shape index (κ1) is 15.9. The zero-order valence-corrected chi connectivity index (χ0v) is 12.5.